The van der Waals surface area contributed by atoms with Crippen molar-refractivity contribution in [1.82, 2.24) is 15.0 Å². The molecule has 0 aliphatic carbocycles. The van der Waals surface area contributed by atoms with Crippen LogP contribution in [-0.2, 0) is 4.74 Å². The number of nitrogens with one attached hydrogen (secondary N) is 1. The third-order valence-corrected chi connectivity index (χ3v) is 2.35. The van der Waals surface area contributed by atoms with Crippen molar-refractivity contribution < 1.29 is 9.47 Å². The lowest BCUT2D eigenvalue weighted by atomic mass is 10.4. The number of rotatable bonds is 9. The van der Waals surface area contributed by atoms with Gasteiger partial charge in [0.25, 0.3) is 0 Å². The lowest BCUT2D eigenvalue weighted by Gasteiger charge is -2.17. The van der Waals surface area contributed by atoms with Gasteiger partial charge in [0.1, 0.15) is 0 Å². The van der Waals surface area contributed by atoms with Crippen LogP contribution in [0.1, 0.15) is 19.8 Å². The van der Waals surface area contributed by atoms with E-state index in [2.05, 4.69) is 20.4 Å². The molecule has 0 bridgehead atoms. The second kappa shape index (κ2) is 8.44. The Morgan fingerprint density at radius 3 is 2.68 bits per heavy atom. The molecule has 1 aromatic rings. The summed E-state index contributed by atoms with van der Waals surface area (Å²) in [4.78, 5) is 14.4. The van der Waals surface area contributed by atoms with Gasteiger partial charge in [-0.1, -0.05) is 6.92 Å². The Hall–Kier alpha value is -1.67. The Morgan fingerprint density at radius 1 is 1.26 bits per heavy atom. The molecule has 108 valence electrons. The van der Waals surface area contributed by atoms with Gasteiger partial charge in [-0.15, -0.1) is 0 Å². The highest BCUT2D eigenvalue weighted by Gasteiger charge is 2.10. The Morgan fingerprint density at radius 2 is 2.05 bits per heavy atom. The van der Waals surface area contributed by atoms with Gasteiger partial charge in [0, 0.05) is 27.3 Å². The molecular weight excluding hydrogens is 248 g/mol. The number of hydrazine groups is 1. The Kier molecular flexibility index (Phi) is 6.83. The van der Waals surface area contributed by atoms with E-state index in [1.165, 1.54) is 0 Å². The van der Waals surface area contributed by atoms with Crippen LogP contribution in [0.2, 0.25) is 0 Å². The number of nitrogens with two attached hydrogens (primary N) is 1. The molecule has 0 aliphatic rings. The topological polar surface area (TPSA) is 98.4 Å². The van der Waals surface area contributed by atoms with Gasteiger partial charge in [-0.05, 0) is 12.8 Å². The number of ether oxygens (including phenoxy) is 2. The van der Waals surface area contributed by atoms with Gasteiger partial charge in [-0.2, -0.15) is 15.0 Å². The quantitative estimate of drug-likeness (QED) is 0.378. The molecule has 8 nitrogen and oxygen atoms in total. The van der Waals surface area contributed by atoms with Crippen LogP contribution < -0.4 is 20.9 Å². The fourth-order valence-electron chi connectivity index (χ4n) is 1.39. The van der Waals surface area contributed by atoms with Crippen molar-refractivity contribution in [2.75, 3.05) is 44.2 Å². The third kappa shape index (κ3) is 5.23. The molecule has 0 aromatic carbocycles. The van der Waals surface area contributed by atoms with E-state index in [1.54, 1.807) is 7.11 Å². The van der Waals surface area contributed by atoms with Gasteiger partial charge < -0.3 is 14.4 Å². The van der Waals surface area contributed by atoms with Crippen molar-refractivity contribution in [3.05, 3.63) is 0 Å². The number of aromatic nitrogens is 3. The zero-order valence-electron chi connectivity index (χ0n) is 11.7. The van der Waals surface area contributed by atoms with Crippen molar-refractivity contribution in [3.63, 3.8) is 0 Å². The maximum atomic E-state index is 5.40. The van der Waals surface area contributed by atoms with Crippen LogP contribution in [0.5, 0.6) is 6.01 Å². The van der Waals surface area contributed by atoms with Gasteiger partial charge in [-0.3, -0.25) is 5.43 Å². The predicted molar refractivity (Wildman–Crippen MR) is 73.2 cm³/mol. The molecule has 0 aliphatic heterocycles. The van der Waals surface area contributed by atoms with E-state index >= 15 is 0 Å². The van der Waals surface area contributed by atoms with Crippen LogP contribution >= 0.6 is 0 Å². The molecule has 0 amide bonds. The largest absolute Gasteiger partial charge is 0.463 e. The van der Waals surface area contributed by atoms with E-state index in [4.69, 9.17) is 15.3 Å². The second-order valence-corrected chi connectivity index (χ2v) is 4.00. The third-order valence-electron chi connectivity index (χ3n) is 2.35. The van der Waals surface area contributed by atoms with Crippen LogP contribution in [0.4, 0.5) is 11.9 Å². The van der Waals surface area contributed by atoms with E-state index in [0.717, 1.165) is 19.4 Å². The monoisotopic (exact) mass is 270 g/mol. The maximum absolute atomic E-state index is 5.40. The minimum absolute atomic E-state index is 0.276. The normalized spacial score (nSPS) is 10.3. The molecule has 1 rings (SSSR count). The first-order chi connectivity index (χ1) is 9.21. The summed E-state index contributed by atoms with van der Waals surface area (Å²) in [6, 6.07) is 0.276. The summed E-state index contributed by atoms with van der Waals surface area (Å²) in [6.07, 6.45) is 1.77. The van der Waals surface area contributed by atoms with Gasteiger partial charge in [-0.25, -0.2) is 5.84 Å². The van der Waals surface area contributed by atoms with Gasteiger partial charge in [0.15, 0.2) is 0 Å². The molecule has 1 aromatic heterocycles. The summed E-state index contributed by atoms with van der Waals surface area (Å²) < 4.78 is 10.4. The molecule has 0 spiro atoms. The maximum Gasteiger partial charge on any atom is 0.323 e. The lowest BCUT2D eigenvalue weighted by Crippen LogP contribution is -2.24. The first-order valence-corrected chi connectivity index (χ1v) is 6.26. The molecule has 0 saturated carbocycles. The van der Waals surface area contributed by atoms with E-state index < -0.39 is 0 Å². The fourth-order valence-corrected chi connectivity index (χ4v) is 1.39. The summed E-state index contributed by atoms with van der Waals surface area (Å²) in [6.45, 7) is 4.04. The van der Waals surface area contributed by atoms with Crippen molar-refractivity contribution in [2.24, 2.45) is 5.84 Å². The van der Waals surface area contributed by atoms with Gasteiger partial charge in [0.05, 0.1) is 6.61 Å². The summed E-state index contributed by atoms with van der Waals surface area (Å²) in [7, 11) is 3.57. The highest BCUT2D eigenvalue weighted by Crippen LogP contribution is 2.13. The summed E-state index contributed by atoms with van der Waals surface area (Å²) in [5, 5.41) is 0. The molecule has 8 heteroatoms. The number of anilines is 2. The summed E-state index contributed by atoms with van der Waals surface area (Å²) in [5.74, 6) is 6.15. The highest BCUT2D eigenvalue weighted by atomic mass is 16.5. The van der Waals surface area contributed by atoms with Crippen LogP contribution in [-0.4, -0.2) is 48.9 Å². The smallest absolute Gasteiger partial charge is 0.323 e. The predicted octanol–water partition coefficient (Wildman–Crippen LogP) is 0.419. The second-order valence-electron chi connectivity index (χ2n) is 4.00. The van der Waals surface area contributed by atoms with Crippen molar-refractivity contribution in [1.29, 1.82) is 0 Å². The first-order valence-electron chi connectivity index (χ1n) is 6.26. The lowest BCUT2D eigenvalue weighted by molar-refractivity contribution is 0.196. The van der Waals surface area contributed by atoms with Crippen molar-refractivity contribution in [3.8, 4) is 6.01 Å². The molecule has 19 heavy (non-hydrogen) atoms. The number of hydrogen-bond donors (Lipinski definition) is 2. The van der Waals surface area contributed by atoms with E-state index in [1.807, 2.05) is 18.9 Å². The first kappa shape index (κ1) is 15.4. The molecule has 0 unspecified atom stereocenters. The van der Waals surface area contributed by atoms with E-state index in [0.29, 0.717) is 19.2 Å². The van der Waals surface area contributed by atoms with Crippen molar-refractivity contribution in [2.45, 2.75) is 19.8 Å². The van der Waals surface area contributed by atoms with Crippen LogP contribution in [0.15, 0.2) is 0 Å². The molecule has 0 radical (unpaired) electrons. The van der Waals surface area contributed by atoms with E-state index in [-0.39, 0.29) is 12.0 Å². The number of nitrogen functional groups attached to an aromatic ring is 1. The van der Waals surface area contributed by atoms with Crippen LogP contribution in [0, 0.1) is 0 Å². The fraction of sp³-hybridized carbons (Fsp3) is 0.727. The summed E-state index contributed by atoms with van der Waals surface area (Å²) in [5.41, 5.74) is 2.41. The van der Waals surface area contributed by atoms with Crippen molar-refractivity contribution >= 4 is 11.9 Å². The minimum atomic E-state index is 0.276. The zero-order chi connectivity index (χ0) is 14.1. The standard InChI is InChI=1S/C11H22N6O2/c1-4-7-19-11-14-9(16-12)13-10(15-11)17(2)6-5-8-18-3/h4-8,12H2,1-3H3,(H,13,14,15,16). The molecule has 1 heterocycles. The highest BCUT2D eigenvalue weighted by molar-refractivity contribution is 5.36. The average Bonchev–Trinajstić information content (AvgIpc) is 2.44. The Balaban J connectivity index is 2.74. The average molecular weight is 270 g/mol. The van der Waals surface area contributed by atoms with Gasteiger partial charge >= 0.3 is 6.01 Å². The number of hydrogen-bond acceptors (Lipinski definition) is 8. The molecule has 0 fully saturated rings. The Bertz CT molecular complexity index is 376. The van der Waals surface area contributed by atoms with E-state index in [9.17, 15) is 0 Å². The van der Waals surface area contributed by atoms with Gasteiger partial charge in [0.2, 0.25) is 11.9 Å². The molecule has 0 saturated heterocycles. The number of nitrogens with zero attached hydrogens (tertiary/aromatic N) is 4. The summed E-state index contributed by atoms with van der Waals surface area (Å²) >= 11 is 0. The molecular formula is C11H22N6O2. The van der Waals surface area contributed by atoms with Crippen LogP contribution in [0.3, 0.4) is 0 Å². The SMILES string of the molecule is CCCOc1nc(NN)nc(N(C)CCCOC)n1. The minimum Gasteiger partial charge on any atom is -0.463 e. The zero-order valence-corrected chi connectivity index (χ0v) is 11.7. The number of methoxy groups -OCH3 is 1. The Labute approximate surface area is 113 Å². The molecule has 0 atom stereocenters. The molecule has 3 N–H and O–H groups in total. The van der Waals surface area contributed by atoms with Crippen LogP contribution in [0.25, 0.3) is 0 Å².